The van der Waals surface area contributed by atoms with E-state index in [-0.39, 0.29) is 17.7 Å². The normalized spacial score (nSPS) is 13.5. The Labute approximate surface area is 244 Å². The molecule has 0 fully saturated rings. The number of ether oxygens (including phenoxy) is 1. The number of nitrogens with one attached hydrogen (secondary N) is 2. The van der Waals surface area contributed by atoms with Crippen molar-refractivity contribution < 1.29 is 19.1 Å². The standard InChI is InChI=1S/C32H43N3O4S/c1-8-24-16-18-26(19-17-24)28(29(36)33-20-25-12-10-9-11-13-25)35(23(4)15-14-22(2)3)30(37)27(21-40)34-31(38)39-32(5,6)7/h1,9-13,16-19,22-23,27-28,40H,14-15,20-21H2,2-7H3,(H,33,36)(H,34,38). The van der Waals surface area contributed by atoms with Gasteiger partial charge in [-0.1, -0.05) is 62.2 Å². The van der Waals surface area contributed by atoms with Gasteiger partial charge >= 0.3 is 6.09 Å². The van der Waals surface area contributed by atoms with Crippen LogP contribution in [-0.4, -0.2) is 46.2 Å². The van der Waals surface area contributed by atoms with Crippen LogP contribution < -0.4 is 10.6 Å². The number of hydrogen-bond donors (Lipinski definition) is 3. The minimum atomic E-state index is -1.01. The molecule has 0 heterocycles. The lowest BCUT2D eigenvalue weighted by atomic mass is 9.96. The van der Waals surface area contributed by atoms with Crippen LogP contribution >= 0.6 is 12.6 Å². The fourth-order valence-electron chi connectivity index (χ4n) is 4.21. The molecule has 2 aromatic carbocycles. The van der Waals surface area contributed by atoms with E-state index < -0.39 is 29.7 Å². The molecule has 2 rings (SSSR count). The van der Waals surface area contributed by atoms with Crippen molar-refractivity contribution in [1.29, 1.82) is 0 Å². The first kappa shape index (κ1) is 32.8. The highest BCUT2D eigenvalue weighted by molar-refractivity contribution is 7.80. The number of thiol groups is 1. The van der Waals surface area contributed by atoms with Crippen molar-refractivity contribution in [2.24, 2.45) is 5.92 Å². The summed E-state index contributed by atoms with van der Waals surface area (Å²) >= 11 is 4.37. The number of alkyl carbamates (subject to hydrolysis) is 1. The summed E-state index contributed by atoms with van der Waals surface area (Å²) in [4.78, 5) is 42.3. The van der Waals surface area contributed by atoms with Crippen LogP contribution in [0.15, 0.2) is 54.6 Å². The van der Waals surface area contributed by atoms with E-state index in [0.717, 1.165) is 12.0 Å². The zero-order valence-corrected chi connectivity index (χ0v) is 25.3. The van der Waals surface area contributed by atoms with Crippen molar-refractivity contribution in [3.8, 4) is 12.3 Å². The third-order valence-corrected chi connectivity index (χ3v) is 6.66. The van der Waals surface area contributed by atoms with E-state index in [2.05, 4.69) is 43.0 Å². The number of amides is 3. The van der Waals surface area contributed by atoms with Gasteiger partial charge in [0.25, 0.3) is 0 Å². The Morgan fingerprint density at radius 2 is 1.62 bits per heavy atom. The summed E-state index contributed by atoms with van der Waals surface area (Å²) in [6.07, 6.45) is 6.36. The average Bonchev–Trinajstić information content (AvgIpc) is 2.91. The molecule has 8 heteroatoms. The van der Waals surface area contributed by atoms with Crippen molar-refractivity contribution in [3.63, 3.8) is 0 Å². The molecule has 0 bridgehead atoms. The molecule has 0 aromatic heterocycles. The van der Waals surface area contributed by atoms with Gasteiger partial charge in [-0.3, -0.25) is 9.59 Å². The maximum Gasteiger partial charge on any atom is 0.408 e. The molecule has 0 aliphatic heterocycles. The van der Waals surface area contributed by atoms with Crippen molar-refractivity contribution in [2.75, 3.05) is 5.75 Å². The fourth-order valence-corrected chi connectivity index (χ4v) is 4.46. The van der Waals surface area contributed by atoms with Crippen LogP contribution in [0.4, 0.5) is 4.79 Å². The zero-order chi connectivity index (χ0) is 29.9. The molecule has 0 saturated carbocycles. The van der Waals surface area contributed by atoms with Crippen LogP contribution in [0.2, 0.25) is 0 Å². The minimum Gasteiger partial charge on any atom is -0.444 e. The molecule has 3 unspecified atom stereocenters. The summed E-state index contributed by atoms with van der Waals surface area (Å²) in [5, 5.41) is 5.66. The molecule has 0 aliphatic carbocycles. The molecular formula is C32H43N3O4S. The molecule has 40 heavy (non-hydrogen) atoms. The molecule has 2 aromatic rings. The Morgan fingerprint density at radius 3 is 2.15 bits per heavy atom. The molecule has 0 spiro atoms. The number of benzene rings is 2. The topological polar surface area (TPSA) is 87.7 Å². The quantitative estimate of drug-likeness (QED) is 0.234. The highest BCUT2D eigenvalue weighted by atomic mass is 32.1. The summed E-state index contributed by atoms with van der Waals surface area (Å²) in [6.45, 7) is 11.7. The molecule has 0 saturated heterocycles. The summed E-state index contributed by atoms with van der Waals surface area (Å²) in [5.41, 5.74) is 1.47. The number of rotatable bonds is 12. The third-order valence-electron chi connectivity index (χ3n) is 6.29. The van der Waals surface area contributed by atoms with Crippen LogP contribution in [0, 0.1) is 18.3 Å². The molecule has 3 amide bonds. The predicted octanol–water partition coefficient (Wildman–Crippen LogP) is 5.50. The fraction of sp³-hybridized carbons (Fsp3) is 0.469. The smallest absolute Gasteiger partial charge is 0.408 e. The van der Waals surface area contributed by atoms with Gasteiger partial charge in [0.05, 0.1) is 0 Å². The Balaban J connectivity index is 2.51. The van der Waals surface area contributed by atoms with Gasteiger partial charge in [-0.25, -0.2) is 4.79 Å². The number of nitrogens with zero attached hydrogens (tertiary/aromatic N) is 1. The first-order valence-corrected chi connectivity index (χ1v) is 14.3. The van der Waals surface area contributed by atoms with Gasteiger partial charge in [-0.05, 0) is 69.7 Å². The zero-order valence-electron chi connectivity index (χ0n) is 24.4. The van der Waals surface area contributed by atoms with Crippen molar-refractivity contribution in [3.05, 3.63) is 71.3 Å². The van der Waals surface area contributed by atoms with Gasteiger partial charge in [-0.2, -0.15) is 12.6 Å². The lowest BCUT2D eigenvalue weighted by Crippen LogP contribution is -2.56. The number of terminal acetylenes is 1. The van der Waals surface area contributed by atoms with Gasteiger partial charge in [0.1, 0.15) is 17.7 Å². The van der Waals surface area contributed by atoms with Crippen LogP contribution in [-0.2, 0) is 20.9 Å². The Morgan fingerprint density at radius 1 is 1.00 bits per heavy atom. The van der Waals surface area contributed by atoms with Crippen LogP contribution in [0.1, 0.15) is 77.1 Å². The monoisotopic (exact) mass is 565 g/mol. The summed E-state index contributed by atoms with van der Waals surface area (Å²) in [7, 11) is 0. The second-order valence-corrected chi connectivity index (χ2v) is 11.7. The molecule has 0 radical (unpaired) electrons. The number of carbonyl (C=O) groups is 3. The molecule has 7 nitrogen and oxygen atoms in total. The van der Waals surface area contributed by atoms with E-state index >= 15 is 0 Å². The van der Waals surface area contributed by atoms with E-state index in [1.807, 2.05) is 37.3 Å². The molecular weight excluding hydrogens is 522 g/mol. The Bertz CT molecular complexity index is 1150. The molecule has 0 aliphatic rings. The third kappa shape index (κ3) is 10.3. The maximum atomic E-state index is 14.2. The Kier molecular flexibility index (Phi) is 12.6. The lowest BCUT2D eigenvalue weighted by Gasteiger charge is -2.38. The van der Waals surface area contributed by atoms with Crippen LogP contribution in [0.3, 0.4) is 0 Å². The minimum absolute atomic E-state index is 0.0276. The summed E-state index contributed by atoms with van der Waals surface area (Å²) in [6, 6.07) is 14.3. The first-order chi connectivity index (χ1) is 18.9. The molecule has 3 atom stereocenters. The van der Waals surface area contributed by atoms with Crippen LogP contribution in [0.5, 0.6) is 0 Å². The molecule has 216 valence electrons. The molecule has 2 N–H and O–H groups in total. The summed E-state index contributed by atoms with van der Waals surface area (Å²) < 4.78 is 5.39. The van der Waals surface area contributed by atoms with Crippen LogP contribution in [0.25, 0.3) is 0 Å². The van der Waals surface area contributed by atoms with Crippen molar-refractivity contribution >= 4 is 30.5 Å². The van der Waals surface area contributed by atoms with Gasteiger partial charge in [0.15, 0.2) is 0 Å². The van der Waals surface area contributed by atoms with Gasteiger partial charge in [0.2, 0.25) is 11.8 Å². The summed E-state index contributed by atoms with van der Waals surface area (Å²) in [5.74, 6) is 2.27. The van der Waals surface area contributed by atoms with E-state index in [4.69, 9.17) is 11.2 Å². The first-order valence-electron chi connectivity index (χ1n) is 13.7. The second-order valence-electron chi connectivity index (χ2n) is 11.3. The highest BCUT2D eigenvalue weighted by Gasteiger charge is 2.38. The SMILES string of the molecule is C#Cc1ccc(C(C(=O)NCc2ccccc2)N(C(=O)C(CS)NC(=O)OC(C)(C)C)C(C)CCC(C)C)cc1. The highest BCUT2D eigenvalue weighted by Crippen LogP contribution is 2.28. The van der Waals surface area contributed by atoms with E-state index in [9.17, 15) is 14.4 Å². The number of hydrogen-bond acceptors (Lipinski definition) is 5. The number of carbonyl (C=O) groups excluding carboxylic acids is 3. The maximum absolute atomic E-state index is 14.2. The van der Waals surface area contributed by atoms with Crippen molar-refractivity contribution in [2.45, 2.75) is 84.7 Å². The van der Waals surface area contributed by atoms with Crippen molar-refractivity contribution in [1.82, 2.24) is 15.5 Å². The van der Waals surface area contributed by atoms with E-state index in [1.54, 1.807) is 49.9 Å². The van der Waals surface area contributed by atoms with Gasteiger partial charge < -0.3 is 20.3 Å². The average molecular weight is 566 g/mol. The van der Waals surface area contributed by atoms with Gasteiger partial charge in [0, 0.05) is 23.9 Å². The Hall–Kier alpha value is -3.44. The largest absolute Gasteiger partial charge is 0.444 e. The predicted molar refractivity (Wildman–Crippen MR) is 163 cm³/mol. The van der Waals surface area contributed by atoms with E-state index in [1.165, 1.54) is 0 Å². The van der Waals surface area contributed by atoms with Gasteiger partial charge in [-0.15, -0.1) is 6.42 Å². The second kappa shape index (κ2) is 15.4. The van der Waals surface area contributed by atoms with E-state index in [0.29, 0.717) is 30.0 Å². The lowest BCUT2D eigenvalue weighted by molar-refractivity contribution is -0.144.